The van der Waals surface area contributed by atoms with Crippen LogP contribution in [0.5, 0.6) is 0 Å². The van der Waals surface area contributed by atoms with Crippen molar-refractivity contribution >= 4 is 11.6 Å². The first-order valence-corrected chi connectivity index (χ1v) is 6.61. The van der Waals surface area contributed by atoms with E-state index in [1.54, 1.807) is 0 Å². The zero-order valence-corrected chi connectivity index (χ0v) is 11.5. The van der Waals surface area contributed by atoms with E-state index in [1.807, 2.05) is 37.3 Å². The first-order chi connectivity index (χ1) is 8.70. The lowest BCUT2D eigenvalue weighted by Gasteiger charge is -2.16. The van der Waals surface area contributed by atoms with Crippen LogP contribution in [0.3, 0.4) is 0 Å². The van der Waals surface area contributed by atoms with Gasteiger partial charge in [0.2, 0.25) is 0 Å². The molecular weight excluding hydrogens is 246 g/mol. The number of benzene rings is 1. The number of halogens is 1. The van der Waals surface area contributed by atoms with Gasteiger partial charge >= 0.3 is 0 Å². The molecular formula is C15H18ClNO. The second-order valence-corrected chi connectivity index (χ2v) is 4.76. The van der Waals surface area contributed by atoms with Gasteiger partial charge in [-0.25, -0.2) is 0 Å². The maximum absolute atomic E-state index is 6.20. The average Bonchev–Trinajstić information content (AvgIpc) is 2.78. The molecule has 0 fully saturated rings. The van der Waals surface area contributed by atoms with Gasteiger partial charge in [0.25, 0.3) is 0 Å². The summed E-state index contributed by atoms with van der Waals surface area (Å²) in [5.41, 5.74) is 1.14. The van der Waals surface area contributed by atoms with Crippen molar-refractivity contribution < 1.29 is 4.42 Å². The topological polar surface area (TPSA) is 25.2 Å². The highest BCUT2D eigenvalue weighted by atomic mass is 35.5. The normalized spacial score (nSPS) is 12.6. The zero-order valence-electron chi connectivity index (χ0n) is 10.7. The van der Waals surface area contributed by atoms with Crippen LogP contribution in [0.4, 0.5) is 0 Å². The van der Waals surface area contributed by atoms with E-state index in [1.165, 1.54) is 0 Å². The Hall–Kier alpha value is -1.25. The molecule has 2 rings (SSSR count). The van der Waals surface area contributed by atoms with Gasteiger partial charge in [0.1, 0.15) is 11.5 Å². The Labute approximate surface area is 113 Å². The first kappa shape index (κ1) is 13.2. The van der Waals surface area contributed by atoms with E-state index < -0.39 is 0 Å². The molecule has 0 saturated heterocycles. The van der Waals surface area contributed by atoms with E-state index in [9.17, 15) is 0 Å². The van der Waals surface area contributed by atoms with E-state index in [2.05, 4.69) is 18.3 Å². The second kappa shape index (κ2) is 6.07. The summed E-state index contributed by atoms with van der Waals surface area (Å²) in [6, 6.07) is 12.1. The van der Waals surface area contributed by atoms with Gasteiger partial charge in [0, 0.05) is 5.02 Å². The maximum atomic E-state index is 6.20. The second-order valence-electron chi connectivity index (χ2n) is 4.35. The molecule has 1 aromatic heterocycles. The minimum absolute atomic E-state index is 0.170. The highest BCUT2D eigenvalue weighted by Gasteiger charge is 2.15. The molecule has 1 N–H and O–H groups in total. The van der Waals surface area contributed by atoms with Gasteiger partial charge in [-0.05, 0) is 43.7 Å². The van der Waals surface area contributed by atoms with Crippen LogP contribution in [0.25, 0.3) is 0 Å². The van der Waals surface area contributed by atoms with Crippen molar-refractivity contribution in [2.24, 2.45) is 0 Å². The summed E-state index contributed by atoms with van der Waals surface area (Å²) in [6.45, 7) is 4.95. The lowest BCUT2D eigenvalue weighted by molar-refractivity contribution is 0.403. The molecule has 1 unspecified atom stereocenters. The summed E-state index contributed by atoms with van der Waals surface area (Å²) in [7, 11) is 0. The molecule has 0 spiro atoms. The highest BCUT2D eigenvalue weighted by molar-refractivity contribution is 6.31. The number of furan rings is 1. The molecule has 0 saturated carbocycles. The number of hydrogen-bond acceptors (Lipinski definition) is 2. The Morgan fingerprint density at radius 2 is 2.00 bits per heavy atom. The Balaban J connectivity index is 2.19. The van der Waals surface area contributed by atoms with Crippen LogP contribution in [0.2, 0.25) is 5.02 Å². The minimum atomic E-state index is 0.170. The van der Waals surface area contributed by atoms with E-state index in [4.69, 9.17) is 16.0 Å². The smallest absolute Gasteiger partial charge is 0.121 e. The summed E-state index contributed by atoms with van der Waals surface area (Å²) in [5.74, 6) is 1.90. The van der Waals surface area contributed by atoms with Gasteiger partial charge in [-0.15, -0.1) is 0 Å². The molecule has 0 aliphatic rings. The Morgan fingerprint density at radius 3 is 2.61 bits per heavy atom. The van der Waals surface area contributed by atoms with Gasteiger partial charge < -0.3 is 9.73 Å². The molecule has 0 aliphatic carbocycles. The number of likely N-dealkylation sites (N-methyl/N-ethyl adjacent to an activating group) is 1. The highest BCUT2D eigenvalue weighted by Crippen LogP contribution is 2.24. The summed E-state index contributed by atoms with van der Waals surface area (Å²) in [5, 5.41) is 4.24. The van der Waals surface area contributed by atoms with Crippen molar-refractivity contribution in [1.29, 1.82) is 0 Å². The van der Waals surface area contributed by atoms with Gasteiger partial charge in [0.15, 0.2) is 0 Å². The number of rotatable bonds is 5. The van der Waals surface area contributed by atoms with Gasteiger partial charge in [-0.1, -0.05) is 36.7 Å². The largest absolute Gasteiger partial charge is 0.465 e. The third-order valence-electron chi connectivity index (χ3n) is 2.94. The van der Waals surface area contributed by atoms with Crippen molar-refractivity contribution in [2.75, 3.05) is 6.54 Å². The zero-order chi connectivity index (χ0) is 13.0. The maximum Gasteiger partial charge on any atom is 0.121 e. The molecule has 2 aromatic rings. The van der Waals surface area contributed by atoms with Crippen molar-refractivity contribution in [2.45, 2.75) is 26.3 Å². The predicted octanol–water partition coefficient (Wildman–Crippen LogP) is 4.13. The van der Waals surface area contributed by atoms with Crippen molar-refractivity contribution in [1.82, 2.24) is 5.32 Å². The van der Waals surface area contributed by atoms with Crippen molar-refractivity contribution in [3.63, 3.8) is 0 Å². The molecule has 1 aromatic carbocycles. The first-order valence-electron chi connectivity index (χ1n) is 6.24. The number of hydrogen-bond donors (Lipinski definition) is 1. The Morgan fingerprint density at radius 1 is 1.22 bits per heavy atom. The standard InChI is InChI=1S/C15H18ClNO/c1-3-17-14(15-9-8-11(2)18-15)10-12-6-4-5-7-13(12)16/h4-9,14,17H,3,10H2,1-2H3. The molecule has 2 nitrogen and oxygen atoms in total. The molecule has 0 aliphatic heterocycles. The van der Waals surface area contributed by atoms with Crippen LogP contribution in [0.1, 0.15) is 30.0 Å². The monoisotopic (exact) mass is 263 g/mol. The number of nitrogens with one attached hydrogen (secondary N) is 1. The van der Waals surface area contributed by atoms with E-state index >= 15 is 0 Å². The molecule has 96 valence electrons. The third-order valence-corrected chi connectivity index (χ3v) is 3.31. The molecule has 1 heterocycles. The minimum Gasteiger partial charge on any atom is -0.465 e. The van der Waals surface area contributed by atoms with Gasteiger partial charge in [-0.2, -0.15) is 0 Å². The summed E-state index contributed by atoms with van der Waals surface area (Å²) in [6.07, 6.45) is 0.834. The SMILES string of the molecule is CCNC(Cc1ccccc1Cl)c1ccc(C)o1. The lowest BCUT2D eigenvalue weighted by Crippen LogP contribution is -2.22. The van der Waals surface area contributed by atoms with Crippen molar-refractivity contribution in [3.05, 3.63) is 58.5 Å². The van der Waals surface area contributed by atoms with Crippen LogP contribution in [0, 0.1) is 6.92 Å². The fourth-order valence-corrected chi connectivity index (χ4v) is 2.26. The predicted molar refractivity (Wildman–Crippen MR) is 75.0 cm³/mol. The summed E-state index contributed by atoms with van der Waals surface area (Å²) < 4.78 is 5.70. The van der Waals surface area contributed by atoms with Gasteiger partial charge in [-0.3, -0.25) is 0 Å². The molecule has 3 heteroatoms. The van der Waals surface area contributed by atoms with Crippen LogP contribution in [0.15, 0.2) is 40.8 Å². The van der Waals surface area contributed by atoms with Crippen LogP contribution in [-0.2, 0) is 6.42 Å². The Kier molecular flexibility index (Phi) is 4.45. The van der Waals surface area contributed by atoms with Crippen molar-refractivity contribution in [3.8, 4) is 0 Å². The quantitative estimate of drug-likeness (QED) is 0.877. The molecule has 0 radical (unpaired) electrons. The third kappa shape index (κ3) is 3.15. The average molecular weight is 264 g/mol. The number of aryl methyl sites for hydroxylation is 1. The van der Waals surface area contributed by atoms with E-state index in [0.717, 1.165) is 35.1 Å². The molecule has 0 amide bonds. The lowest BCUT2D eigenvalue weighted by atomic mass is 10.0. The molecule has 18 heavy (non-hydrogen) atoms. The fraction of sp³-hybridized carbons (Fsp3) is 0.333. The van der Waals surface area contributed by atoms with Gasteiger partial charge in [0.05, 0.1) is 6.04 Å². The van der Waals surface area contributed by atoms with Crippen LogP contribution in [-0.4, -0.2) is 6.54 Å². The fourth-order valence-electron chi connectivity index (χ4n) is 2.04. The molecule has 0 bridgehead atoms. The van der Waals surface area contributed by atoms with Crippen LogP contribution < -0.4 is 5.32 Å². The molecule has 1 atom stereocenters. The summed E-state index contributed by atoms with van der Waals surface area (Å²) >= 11 is 6.20. The summed E-state index contributed by atoms with van der Waals surface area (Å²) in [4.78, 5) is 0. The van der Waals surface area contributed by atoms with E-state index in [0.29, 0.717) is 0 Å². The van der Waals surface area contributed by atoms with Crippen LogP contribution >= 0.6 is 11.6 Å². The van der Waals surface area contributed by atoms with E-state index in [-0.39, 0.29) is 6.04 Å². The Bertz CT molecular complexity index is 507.